The lowest BCUT2D eigenvalue weighted by molar-refractivity contribution is -0.116. The lowest BCUT2D eigenvalue weighted by Crippen LogP contribution is -2.12. The van der Waals surface area contributed by atoms with Gasteiger partial charge in [0.15, 0.2) is 12.4 Å². The summed E-state index contributed by atoms with van der Waals surface area (Å²) in [5.74, 6) is -0.831. The van der Waals surface area contributed by atoms with E-state index in [1.807, 2.05) is 0 Å². The zero-order valence-electron chi connectivity index (χ0n) is 12.2. The summed E-state index contributed by atoms with van der Waals surface area (Å²) in [6.45, 7) is 1.59. The van der Waals surface area contributed by atoms with Gasteiger partial charge in [0.25, 0.3) is 0 Å². The van der Waals surface area contributed by atoms with Gasteiger partial charge in [0.2, 0.25) is 5.91 Å². The van der Waals surface area contributed by atoms with Crippen molar-refractivity contribution in [1.29, 1.82) is 0 Å². The van der Waals surface area contributed by atoms with E-state index in [-0.39, 0.29) is 29.2 Å². The maximum atomic E-state index is 13.1. The first kappa shape index (κ1) is 15.5. The van der Waals surface area contributed by atoms with Crippen LogP contribution in [0.15, 0.2) is 36.4 Å². The summed E-state index contributed by atoms with van der Waals surface area (Å²) < 4.78 is 18.4. The normalized spacial score (nSPS) is 16.0. The quantitative estimate of drug-likeness (QED) is 0.866. The molecule has 0 spiro atoms. The Kier molecular flexibility index (Phi) is 4.05. The first-order valence-electron chi connectivity index (χ1n) is 7.01. The van der Waals surface area contributed by atoms with Crippen LogP contribution < -0.4 is 10.1 Å². The van der Waals surface area contributed by atoms with Crippen molar-refractivity contribution >= 4 is 29.0 Å². The average molecular weight is 334 g/mol. The number of nitrogens with one attached hydrogen (secondary N) is 1. The third-order valence-corrected chi connectivity index (χ3v) is 4.04. The van der Waals surface area contributed by atoms with Crippen LogP contribution in [0.1, 0.15) is 28.8 Å². The summed E-state index contributed by atoms with van der Waals surface area (Å²) >= 11 is 5.66. The number of ketones is 1. The molecule has 1 atom stereocenters. The second-order valence-corrected chi connectivity index (χ2v) is 5.71. The molecule has 3 rings (SSSR count). The van der Waals surface area contributed by atoms with Crippen molar-refractivity contribution in [2.75, 3.05) is 11.9 Å². The van der Waals surface area contributed by atoms with Crippen LogP contribution >= 0.6 is 11.6 Å². The number of carbonyl (C=O) groups excluding carboxylic acids is 2. The molecule has 1 N–H and O–H groups in total. The molecule has 1 aliphatic heterocycles. The van der Waals surface area contributed by atoms with Gasteiger partial charge in [-0.15, -0.1) is 0 Å². The Hall–Kier alpha value is -2.40. The van der Waals surface area contributed by atoms with Crippen molar-refractivity contribution in [3.8, 4) is 5.75 Å². The van der Waals surface area contributed by atoms with Crippen LogP contribution in [0.5, 0.6) is 5.75 Å². The highest BCUT2D eigenvalue weighted by Crippen LogP contribution is 2.32. The molecule has 1 amide bonds. The van der Waals surface area contributed by atoms with Gasteiger partial charge in [-0.25, -0.2) is 4.39 Å². The number of amides is 1. The minimum atomic E-state index is -0.546. The number of hydrogen-bond acceptors (Lipinski definition) is 3. The molecule has 0 aliphatic carbocycles. The van der Waals surface area contributed by atoms with Crippen LogP contribution in [0, 0.1) is 5.82 Å². The predicted octanol–water partition coefficient (Wildman–Crippen LogP) is 3.80. The van der Waals surface area contributed by atoms with E-state index in [0.29, 0.717) is 11.3 Å². The fourth-order valence-corrected chi connectivity index (χ4v) is 2.56. The number of hydrogen-bond donors (Lipinski definition) is 1. The van der Waals surface area contributed by atoms with Gasteiger partial charge in [0.05, 0.1) is 10.9 Å². The molecule has 0 bridgehead atoms. The summed E-state index contributed by atoms with van der Waals surface area (Å²) in [5.41, 5.74) is 1.98. The first-order chi connectivity index (χ1) is 11.0. The van der Waals surface area contributed by atoms with Gasteiger partial charge >= 0.3 is 0 Å². The predicted molar refractivity (Wildman–Crippen MR) is 84.7 cm³/mol. The summed E-state index contributed by atoms with van der Waals surface area (Å²) in [4.78, 5) is 23.8. The van der Waals surface area contributed by atoms with Gasteiger partial charge in [0.1, 0.15) is 11.6 Å². The van der Waals surface area contributed by atoms with Crippen LogP contribution in [0.4, 0.5) is 10.1 Å². The van der Waals surface area contributed by atoms with E-state index >= 15 is 0 Å². The molecule has 0 fully saturated rings. The molecule has 6 heteroatoms. The molecule has 1 heterocycles. The van der Waals surface area contributed by atoms with Crippen LogP contribution in [0.2, 0.25) is 5.02 Å². The zero-order valence-corrected chi connectivity index (χ0v) is 13.0. The van der Waals surface area contributed by atoms with Crippen LogP contribution in [-0.2, 0) is 4.79 Å². The van der Waals surface area contributed by atoms with Gasteiger partial charge in [0, 0.05) is 17.3 Å². The fourth-order valence-electron chi connectivity index (χ4n) is 2.39. The van der Waals surface area contributed by atoms with E-state index in [0.717, 1.165) is 11.3 Å². The van der Waals surface area contributed by atoms with E-state index in [9.17, 15) is 14.0 Å². The molecule has 2 aromatic carbocycles. The molecule has 23 heavy (non-hydrogen) atoms. The lowest BCUT2D eigenvalue weighted by atomic mass is 9.99. The number of fused-ring (bicyclic) bond motifs is 1. The monoisotopic (exact) mass is 333 g/mol. The smallest absolute Gasteiger partial charge is 0.231 e. The Morgan fingerprint density at radius 3 is 2.83 bits per heavy atom. The number of anilines is 1. The molecule has 0 radical (unpaired) electrons. The number of carbonyl (C=O) groups is 2. The van der Waals surface area contributed by atoms with Crippen molar-refractivity contribution in [3.63, 3.8) is 0 Å². The number of ether oxygens (including phenoxy) is 1. The van der Waals surface area contributed by atoms with Crippen molar-refractivity contribution < 1.29 is 18.7 Å². The Morgan fingerprint density at radius 2 is 2.09 bits per heavy atom. The third kappa shape index (κ3) is 3.05. The highest BCUT2D eigenvalue weighted by Gasteiger charge is 2.27. The Labute approximate surface area is 137 Å². The molecule has 0 saturated heterocycles. The summed E-state index contributed by atoms with van der Waals surface area (Å²) in [6.07, 6.45) is 0. The minimum Gasteiger partial charge on any atom is -0.485 e. The van der Waals surface area contributed by atoms with Crippen LogP contribution in [0.25, 0.3) is 0 Å². The number of rotatable bonds is 4. The van der Waals surface area contributed by atoms with Crippen LogP contribution in [-0.4, -0.2) is 18.3 Å². The van der Waals surface area contributed by atoms with Crippen molar-refractivity contribution in [2.45, 2.75) is 12.8 Å². The Balaban J connectivity index is 1.72. The maximum Gasteiger partial charge on any atom is 0.231 e. The van der Waals surface area contributed by atoms with E-state index in [1.165, 1.54) is 18.2 Å². The summed E-state index contributed by atoms with van der Waals surface area (Å²) in [5, 5.41) is 2.69. The molecule has 1 aliphatic rings. The maximum absolute atomic E-state index is 13.1. The van der Waals surface area contributed by atoms with E-state index in [1.54, 1.807) is 25.1 Å². The number of Topliss-reactive ketones (excluding diaryl/α,β-unsaturated/α-hetero) is 1. The van der Waals surface area contributed by atoms with E-state index in [2.05, 4.69) is 5.32 Å². The van der Waals surface area contributed by atoms with Gasteiger partial charge < -0.3 is 10.1 Å². The molecule has 2 aromatic rings. The molecule has 0 aromatic heterocycles. The molecule has 118 valence electrons. The number of halogens is 2. The van der Waals surface area contributed by atoms with Crippen molar-refractivity contribution in [3.05, 3.63) is 58.4 Å². The number of benzene rings is 2. The molecular weight excluding hydrogens is 321 g/mol. The molecule has 0 saturated carbocycles. The van der Waals surface area contributed by atoms with Crippen LogP contribution in [0.3, 0.4) is 0 Å². The topological polar surface area (TPSA) is 55.4 Å². The van der Waals surface area contributed by atoms with Gasteiger partial charge in [-0.2, -0.15) is 0 Å². The fraction of sp³-hybridized carbons (Fsp3) is 0.176. The zero-order chi connectivity index (χ0) is 16.6. The lowest BCUT2D eigenvalue weighted by Gasteiger charge is -2.08. The van der Waals surface area contributed by atoms with Crippen molar-refractivity contribution in [1.82, 2.24) is 0 Å². The first-order valence-corrected chi connectivity index (χ1v) is 7.39. The Morgan fingerprint density at radius 1 is 1.30 bits per heavy atom. The SMILES string of the molecule is C[C@@H]1C(=O)Nc2ccc(C(=O)COc3ccc(F)c(Cl)c3)cc21. The minimum absolute atomic E-state index is 0.0640. The summed E-state index contributed by atoms with van der Waals surface area (Å²) in [6, 6.07) is 8.94. The van der Waals surface area contributed by atoms with E-state index < -0.39 is 5.82 Å². The Bertz CT molecular complexity index is 806. The second-order valence-electron chi connectivity index (χ2n) is 5.30. The van der Waals surface area contributed by atoms with Gasteiger partial charge in [-0.05, 0) is 42.8 Å². The van der Waals surface area contributed by atoms with Gasteiger partial charge in [-0.1, -0.05) is 11.6 Å². The average Bonchev–Trinajstić information content (AvgIpc) is 2.82. The highest BCUT2D eigenvalue weighted by atomic mass is 35.5. The van der Waals surface area contributed by atoms with Gasteiger partial charge in [-0.3, -0.25) is 9.59 Å². The molecular formula is C17H13ClFNO3. The summed E-state index contributed by atoms with van der Waals surface area (Å²) in [7, 11) is 0. The highest BCUT2D eigenvalue weighted by molar-refractivity contribution is 6.30. The standard InChI is InChI=1S/C17H13ClFNO3/c1-9-12-6-10(2-5-15(12)20-17(9)22)16(21)8-23-11-3-4-14(19)13(18)7-11/h2-7,9H,8H2,1H3,(H,20,22)/t9-/m0/s1. The second kappa shape index (κ2) is 6.01. The van der Waals surface area contributed by atoms with Crippen molar-refractivity contribution in [2.24, 2.45) is 0 Å². The largest absolute Gasteiger partial charge is 0.485 e. The molecule has 0 unspecified atom stereocenters. The molecule has 4 nitrogen and oxygen atoms in total. The van der Waals surface area contributed by atoms with E-state index in [4.69, 9.17) is 16.3 Å². The third-order valence-electron chi connectivity index (χ3n) is 3.75.